The number of carbonyl (C=O) groups is 1. The van der Waals surface area contributed by atoms with E-state index in [4.69, 9.17) is 28.8 Å². The van der Waals surface area contributed by atoms with Crippen LogP contribution in [-0.4, -0.2) is 29.3 Å². The van der Waals surface area contributed by atoms with Crippen LogP contribution < -0.4 is 16.4 Å². The number of nitrogens with two attached hydrogens (primary N) is 2. The summed E-state index contributed by atoms with van der Waals surface area (Å²) in [6.07, 6.45) is 0.272. The van der Waals surface area contributed by atoms with E-state index in [1.165, 1.54) is 0 Å². The number of carboxylic acids is 1. The molecule has 0 amide bonds. The Morgan fingerprint density at radius 2 is 2.24 bits per heavy atom. The Morgan fingerprint density at radius 1 is 1.59 bits per heavy atom. The molecular formula is C11H15N3O2S. The summed E-state index contributed by atoms with van der Waals surface area (Å²) in [7, 11) is 1.75. The van der Waals surface area contributed by atoms with Gasteiger partial charge >= 0.3 is 5.97 Å². The van der Waals surface area contributed by atoms with Gasteiger partial charge in [0.2, 0.25) is 0 Å². The second kappa shape index (κ2) is 5.60. The first kappa shape index (κ1) is 13.4. The van der Waals surface area contributed by atoms with Gasteiger partial charge in [0.05, 0.1) is 0 Å². The molecule has 0 spiro atoms. The molecule has 17 heavy (non-hydrogen) atoms. The van der Waals surface area contributed by atoms with Crippen molar-refractivity contribution in [2.24, 2.45) is 11.5 Å². The summed E-state index contributed by atoms with van der Waals surface area (Å²) >= 11 is 4.86. The second-order valence-electron chi connectivity index (χ2n) is 3.72. The Kier molecular flexibility index (Phi) is 4.42. The van der Waals surface area contributed by atoms with E-state index in [0.717, 1.165) is 11.3 Å². The first-order valence-corrected chi connectivity index (χ1v) is 5.43. The molecule has 1 atom stereocenters. The lowest BCUT2D eigenvalue weighted by molar-refractivity contribution is -0.138. The molecule has 0 saturated carbocycles. The van der Waals surface area contributed by atoms with E-state index < -0.39 is 12.0 Å². The minimum atomic E-state index is -1.02. The summed E-state index contributed by atoms with van der Waals surface area (Å²) < 4.78 is 0. The quantitative estimate of drug-likeness (QED) is 0.669. The molecule has 1 aromatic rings. The van der Waals surface area contributed by atoms with E-state index in [2.05, 4.69) is 0 Å². The third kappa shape index (κ3) is 3.69. The first-order chi connectivity index (χ1) is 7.91. The topological polar surface area (TPSA) is 92.6 Å². The molecular weight excluding hydrogens is 238 g/mol. The maximum atomic E-state index is 10.7. The van der Waals surface area contributed by atoms with Gasteiger partial charge in [0.1, 0.15) is 6.04 Å². The molecule has 0 aliphatic heterocycles. The van der Waals surface area contributed by atoms with Crippen LogP contribution >= 0.6 is 12.2 Å². The predicted octanol–water partition coefficient (Wildman–Crippen LogP) is 0.321. The molecule has 0 aliphatic rings. The Bertz CT molecular complexity index is 436. The average Bonchev–Trinajstić information content (AvgIpc) is 2.28. The van der Waals surface area contributed by atoms with Gasteiger partial charge in [-0.15, -0.1) is 0 Å². The Hall–Kier alpha value is -1.66. The molecule has 5 nitrogen and oxygen atoms in total. The maximum absolute atomic E-state index is 10.7. The van der Waals surface area contributed by atoms with Crippen LogP contribution in [0.3, 0.4) is 0 Å². The minimum Gasteiger partial charge on any atom is -0.480 e. The highest BCUT2D eigenvalue weighted by molar-refractivity contribution is 7.80. The SMILES string of the molecule is CN(C(N)=S)c1cccc(C[C@H](N)C(=O)O)c1. The smallest absolute Gasteiger partial charge is 0.320 e. The second-order valence-corrected chi connectivity index (χ2v) is 4.13. The largest absolute Gasteiger partial charge is 0.480 e. The number of rotatable bonds is 4. The van der Waals surface area contributed by atoms with Crippen LogP contribution in [0.5, 0.6) is 0 Å². The van der Waals surface area contributed by atoms with Crippen molar-refractivity contribution < 1.29 is 9.90 Å². The maximum Gasteiger partial charge on any atom is 0.320 e. The summed E-state index contributed by atoms with van der Waals surface area (Å²) in [6.45, 7) is 0. The fraction of sp³-hybridized carbons (Fsp3) is 0.273. The summed E-state index contributed by atoms with van der Waals surface area (Å²) in [5.74, 6) is -1.02. The van der Waals surface area contributed by atoms with E-state index in [0.29, 0.717) is 0 Å². The van der Waals surface area contributed by atoms with E-state index in [-0.39, 0.29) is 11.5 Å². The van der Waals surface area contributed by atoms with Crippen LogP contribution in [0.1, 0.15) is 5.56 Å². The normalized spacial score (nSPS) is 11.9. The third-order valence-electron chi connectivity index (χ3n) is 2.40. The highest BCUT2D eigenvalue weighted by Gasteiger charge is 2.12. The van der Waals surface area contributed by atoms with Crippen molar-refractivity contribution in [3.05, 3.63) is 29.8 Å². The van der Waals surface area contributed by atoms with Gasteiger partial charge in [-0.3, -0.25) is 4.79 Å². The molecule has 0 heterocycles. The van der Waals surface area contributed by atoms with Crippen LogP contribution in [0, 0.1) is 0 Å². The van der Waals surface area contributed by atoms with Crippen LogP contribution in [0.4, 0.5) is 5.69 Å². The summed E-state index contributed by atoms with van der Waals surface area (Å²) in [5.41, 5.74) is 12.6. The molecule has 0 aliphatic carbocycles. The van der Waals surface area contributed by atoms with Crippen molar-refractivity contribution in [3.63, 3.8) is 0 Å². The molecule has 6 heteroatoms. The lowest BCUT2D eigenvalue weighted by Gasteiger charge is -2.18. The van der Waals surface area contributed by atoms with Gasteiger partial charge in [-0.1, -0.05) is 12.1 Å². The fourth-order valence-corrected chi connectivity index (χ4v) is 1.47. The number of hydrogen-bond acceptors (Lipinski definition) is 3. The number of aliphatic carboxylic acids is 1. The van der Waals surface area contributed by atoms with Gasteiger partial charge < -0.3 is 21.5 Å². The number of hydrogen-bond donors (Lipinski definition) is 3. The molecule has 0 saturated heterocycles. The van der Waals surface area contributed by atoms with E-state index in [9.17, 15) is 4.79 Å². The van der Waals surface area contributed by atoms with Crippen molar-refractivity contribution in [2.75, 3.05) is 11.9 Å². The molecule has 5 N–H and O–H groups in total. The zero-order valence-electron chi connectivity index (χ0n) is 9.46. The van der Waals surface area contributed by atoms with Crippen molar-refractivity contribution in [1.82, 2.24) is 0 Å². The number of anilines is 1. The van der Waals surface area contributed by atoms with Crippen molar-refractivity contribution in [1.29, 1.82) is 0 Å². The van der Waals surface area contributed by atoms with Gasteiger partial charge in [0, 0.05) is 12.7 Å². The molecule has 1 rings (SSSR count). The first-order valence-electron chi connectivity index (χ1n) is 5.02. The zero-order valence-corrected chi connectivity index (χ0v) is 10.3. The van der Waals surface area contributed by atoms with E-state index in [1.807, 2.05) is 24.3 Å². The molecule has 92 valence electrons. The number of thiocarbonyl (C=S) groups is 1. The van der Waals surface area contributed by atoms with Crippen LogP contribution in [0.25, 0.3) is 0 Å². The molecule has 0 fully saturated rings. The van der Waals surface area contributed by atoms with Gasteiger partial charge in [-0.05, 0) is 36.3 Å². The average molecular weight is 253 g/mol. The van der Waals surface area contributed by atoms with Crippen molar-refractivity contribution >= 4 is 29.0 Å². The monoisotopic (exact) mass is 253 g/mol. The predicted molar refractivity (Wildman–Crippen MR) is 70.9 cm³/mol. The molecule has 0 unspecified atom stereocenters. The Morgan fingerprint density at radius 3 is 2.76 bits per heavy atom. The third-order valence-corrected chi connectivity index (χ3v) is 2.68. The van der Waals surface area contributed by atoms with Crippen LogP contribution in [0.2, 0.25) is 0 Å². The van der Waals surface area contributed by atoms with Crippen molar-refractivity contribution in [2.45, 2.75) is 12.5 Å². The highest BCUT2D eigenvalue weighted by atomic mass is 32.1. The van der Waals surface area contributed by atoms with Gasteiger partial charge in [0.15, 0.2) is 5.11 Å². The van der Waals surface area contributed by atoms with Crippen LogP contribution in [0.15, 0.2) is 24.3 Å². The summed E-state index contributed by atoms with van der Waals surface area (Å²) in [4.78, 5) is 12.3. The molecule has 0 radical (unpaired) electrons. The Labute approximate surface area is 105 Å². The number of nitrogens with zero attached hydrogens (tertiary/aromatic N) is 1. The minimum absolute atomic E-state index is 0.254. The lowest BCUT2D eigenvalue weighted by atomic mass is 10.1. The van der Waals surface area contributed by atoms with Gasteiger partial charge in [0.25, 0.3) is 0 Å². The number of carboxylic acid groups (broad SMARTS) is 1. The number of benzene rings is 1. The van der Waals surface area contributed by atoms with E-state index in [1.54, 1.807) is 11.9 Å². The Balaban J connectivity index is 2.86. The van der Waals surface area contributed by atoms with Gasteiger partial charge in [-0.25, -0.2) is 0 Å². The van der Waals surface area contributed by atoms with Gasteiger partial charge in [-0.2, -0.15) is 0 Å². The molecule has 0 bridgehead atoms. The molecule has 1 aromatic carbocycles. The summed E-state index contributed by atoms with van der Waals surface area (Å²) in [5, 5.41) is 8.99. The fourth-order valence-electron chi connectivity index (χ4n) is 1.36. The highest BCUT2D eigenvalue weighted by Crippen LogP contribution is 2.15. The van der Waals surface area contributed by atoms with Crippen molar-refractivity contribution in [3.8, 4) is 0 Å². The lowest BCUT2D eigenvalue weighted by Crippen LogP contribution is -2.33. The summed E-state index contributed by atoms with van der Waals surface area (Å²) in [6, 6.07) is 6.39. The molecule has 0 aromatic heterocycles. The zero-order chi connectivity index (χ0) is 13.0. The standard InChI is InChI=1S/C11H15N3O2S/c1-14(11(13)17)8-4-2-3-7(5-8)6-9(12)10(15)16/h2-5,9H,6,12H2,1H3,(H2,13,17)(H,15,16)/t9-/m0/s1. The van der Waals surface area contributed by atoms with E-state index >= 15 is 0 Å². The van der Waals surface area contributed by atoms with Crippen LogP contribution in [-0.2, 0) is 11.2 Å².